The monoisotopic (exact) mass is 296 g/mol. The van der Waals surface area contributed by atoms with Crippen molar-refractivity contribution in [1.29, 1.82) is 5.26 Å². The summed E-state index contributed by atoms with van der Waals surface area (Å²) in [7, 11) is 0. The third-order valence-corrected chi connectivity index (χ3v) is 3.45. The lowest BCUT2D eigenvalue weighted by atomic mass is 10.1. The van der Waals surface area contributed by atoms with Gasteiger partial charge in [-0.3, -0.25) is 0 Å². The lowest BCUT2D eigenvalue weighted by Gasteiger charge is -2.17. The molecule has 0 aliphatic heterocycles. The number of hydrogen-bond donors (Lipinski definition) is 2. The van der Waals surface area contributed by atoms with Gasteiger partial charge in [-0.15, -0.1) is 0 Å². The molecule has 2 aromatic rings. The molecule has 0 fully saturated rings. The van der Waals surface area contributed by atoms with Gasteiger partial charge < -0.3 is 15.2 Å². The van der Waals surface area contributed by atoms with Gasteiger partial charge in [0.2, 0.25) is 0 Å². The first kappa shape index (κ1) is 15.9. The van der Waals surface area contributed by atoms with Crippen LogP contribution in [0.1, 0.15) is 36.6 Å². The number of ether oxygens (including phenoxy) is 1. The maximum atomic E-state index is 9.44. The van der Waals surface area contributed by atoms with Crippen LogP contribution in [0.15, 0.2) is 42.5 Å². The third-order valence-electron chi connectivity index (χ3n) is 3.45. The first-order chi connectivity index (χ1) is 10.7. The van der Waals surface area contributed by atoms with E-state index < -0.39 is 0 Å². The van der Waals surface area contributed by atoms with Gasteiger partial charge in [-0.05, 0) is 49.7 Å². The van der Waals surface area contributed by atoms with Crippen molar-refractivity contribution in [1.82, 2.24) is 0 Å². The fourth-order valence-electron chi connectivity index (χ4n) is 2.27. The number of aliphatic hydroxyl groups is 1. The summed E-state index contributed by atoms with van der Waals surface area (Å²) in [4.78, 5) is 0. The van der Waals surface area contributed by atoms with Crippen LogP contribution >= 0.6 is 0 Å². The molecule has 22 heavy (non-hydrogen) atoms. The van der Waals surface area contributed by atoms with Gasteiger partial charge in [-0.1, -0.05) is 12.1 Å². The Morgan fingerprint density at radius 1 is 1.23 bits per heavy atom. The van der Waals surface area contributed by atoms with Crippen LogP contribution in [0.3, 0.4) is 0 Å². The van der Waals surface area contributed by atoms with Gasteiger partial charge in [0.1, 0.15) is 5.75 Å². The van der Waals surface area contributed by atoms with Crippen molar-refractivity contribution in [2.75, 3.05) is 11.9 Å². The Morgan fingerprint density at radius 3 is 2.55 bits per heavy atom. The number of rotatable bonds is 6. The average molecular weight is 296 g/mol. The smallest absolute Gasteiger partial charge is 0.124 e. The average Bonchev–Trinajstić information content (AvgIpc) is 2.56. The fraction of sp³-hybridized carbons (Fsp3) is 0.278. The second-order valence-electron chi connectivity index (χ2n) is 5.01. The number of benzene rings is 2. The van der Waals surface area contributed by atoms with E-state index in [0.29, 0.717) is 17.9 Å². The van der Waals surface area contributed by atoms with Crippen molar-refractivity contribution < 1.29 is 9.84 Å². The molecule has 114 valence electrons. The molecule has 2 rings (SSSR count). The number of nitrogens with one attached hydrogen (secondary N) is 1. The molecule has 0 amide bonds. The molecule has 1 unspecified atom stereocenters. The lowest BCUT2D eigenvalue weighted by Crippen LogP contribution is -2.07. The van der Waals surface area contributed by atoms with Gasteiger partial charge in [0.15, 0.2) is 0 Å². The van der Waals surface area contributed by atoms with Crippen LogP contribution in [0.2, 0.25) is 0 Å². The Hall–Kier alpha value is -2.51. The van der Waals surface area contributed by atoms with Gasteiger partial charge >= 0.3 is 0 Å². The molecule has 0 aliphatic carbocycles. The molecular formula is C18H20N2O2. The number of anilines is 1. The molecular weight excluding hydrogens is 276 g/mol. The second-order valence-corrected chi connectivity index (χ2v) is 5.01. The predicted octanol–water partition coefficient (Wildman–Crippen LogP) is 3.62. The van der Waals surface area contributed by atoms with Crippen LogP contribution in [0.5, 0.6) is 5.75 Å². The molecule has 0 bridgehead atoms. The summed E-state index contributed by atoms with van der Waals surface area (Å²) in [6.07, 6.45) is 0. The van der Waals surface area contributed by atoms with Gasteiger partial charge in [-0.2, -0.15) is 5.26 Å². The highest BCUT2D eigenvalue weighted by Gasteiger charge is 2.08. The Kier molecular flexibility index (Phi) is 5.40. The van der Waals surface area contributed by atoms with E-state index >= 15 is 0 Å². The third kappa shape index (κ3) is 3.78. The zero-order chi connectivity index (χ0) is 15.9. The first-order valence-electron chi connectivity index (χ1n) is 7.31. The standard InChI is InChI=1S/C18H20N2O2/c1-3-22-18-9-8-17(10-16(18)12-21)20-13(2)15-6-4-14(11-19)5-7-15/h4-10,13,20-21H,3,12H2,1-2H3. The fourth-order valence-corrected chi connectivity index (χ4v) is 2.27. The number of hydrogen-bond acceptors (Lipinski definition) is 4. The van der Waals surface area contributed by atoms with Gasteiger partial charge in [-0.25, -0.2) is 0 Å². The molecule has 2 N–H and O–H groups in total. The van der Waals surface area contributed by atoms with E-state index in [-0.39, 0.29) is 12.6 Å². The normalized spacial score (nSPS) is 11.5. The molecule has 0 radical (unpaired) electrons. The molecule has 0 saturated heterocycles. The minimum absolute atomic E-state index is 0.0594. The highest BCUT2D eigenvalue weighted by molar-refractivity contribution is 5.52. The first-order valence-corrected chi connectivity index (χ1v) is 7.31. The van der Waals surface area contributed by atoms with Crippen LogP contribution in [0.25, 0.3) is 0 Å². The largest absolute Gasteiger partial charge is 0.494 e. The van der Waals surface area contributed by atoms with E-state index in [4.69, 9.17) is 10.00 Å². The molecule has 0 saturated carbocycles. The van der Waals surface area contributed by atoms with Crippen LogP contribution in [0, 0.1) is 11.3 Å². The second kappa shape index (κ2) is 7.48. The van der Waals surface area contributed by atoms with Crippen molar-refractivity contribution in [3.8, 4) is 11.8 Å². The van der Waals surface area contributed by atoms with Crippen molar-refractivity contribution in [2.45, 2.75) is 26.5 Å². The number of aliphatic hydroxyl groups excluding tert-OH is 1. The molecule has 1 atom stereocenters. The van der Waals surface area contributed by atoms with Crippen LogP contribution in [-0.4, -0.2) is 11.7 Å². The predicted molar refractivity (Wildman–Crippen MR) is 86.7 cm³/mol. The van der Waals surface area contributed by atoms with Crippen LogP contribution < -0.4 is 10.1 Å². The van der Waals surface area contributed by atoms with Crippen LogP contribution in [0.4, 0.5) is 5.69 Å². The lowest BCUT2D eigenvalue weighted by molar-refractivity contribution is 0.267. The summed E-state index contributed by atoms with van der Waals surface area (Å²) in [5.41, 5.74) is 3.43. The van der Waals surface area contributed by atoms with Crippen molar-refractivity contribution in [3.63, 3.8) is 0 Å². The molecule has 0 aliphatic rings. The van der Waals surface area contributed by atoms with Crippen LogP contribution in [-0.2, 0) is 6.61 Å². The van der Waals surface area contributed by atoms with Crippen molar-refractivity contribution in [3.05, 3.63) is 59.2 Å². The molecule has 2 aromatic carbocycles. The van der Waals surface area contributed by atoms with Crippen molar-refractivity contribution in [2.24, 2.45) is 0 Å². The van der Waals surface area contributed by atoms with Gasteiger partial charge in [0, 0.05) is 17.3 Å². The van der Waals surface area contributed by atoms with Gasteiger partial charge in [0.25, 0.3) is 0 Å². The van der Waals surface area contributed by atoms with Crippen molar-refractivity contribution >= 4 is 5.69 Å². The Morgan fingerprint density at radius 2 is 1.95 bits per heavy atom. The van der Waals surface area contributed by atoms with E-state index in [1.54, 1.807) is 0 Å². The van der Waals surface area contributed by atoms with E-state index in [1.807, 2.05) is 49.4 Å². The maximum absolute atomic E-state index is 9.44. The Balaban J connectivity index is 2.13. The van der Waals surface area contributed by atoms with E-state index in [2.05, 4.69) is 18.3 Å². The zero-order valence-electron chi connectivity index (χ0n) is 12.8. The van der Waals surface area contributed by atoms with Gasteiger partial charge in [0.05, 0.1) is 24.8 Å². The van der Waals surface area contributed by atoms with E-state index in [1.165, 1.54) is 0 Å². The zero-order valence-corrected chi connectivity index (χ0v) is 12.8. The maximum Gasteiger partial charge on any atom is 0.124 e. The summed E-state index contributed by atoms with van der Waals surface area (Å²) in [5, 5.41) is 21.7. The summed E-state index contributed by atoms with van der Waals surface area (Å²) >= 11 is 0. The highest BCUT2D eigenvalue weighted by Crippen LogP contribution is 2.26. The van der Waals surface area contributed by atoms with E-state index in [9.17, 15) is 5.11 Å². The molecule has 0 spiro atoms. The molecule has 4 heteroatoms. The minimum atomic E-state index is -0.0594. The SMILES string of the molecule is CCOc1ccc(NC(C)c2ccc(C#N)cc2)cc1CO. The highest BCUT2D eigenvalue weighted by atomic mass is 16.5. The van der Waals surface area contributed by atoms with E-state index in [0.717, 1.165) is 16.8 Å². The molecule has 0 heterocycles. The summed E-state index contributed by atoms with van der Waals surface area (Å²) in [6.45, 7) is 4.48. The minimum Gasteiger partial charge on any atom is -0.494 e. The molecule has 4 nitrogen and oxygen atoms in total. The Labute approximate surface area is 131 Å². The Bertz CT molecular complexity index is 660. The quantitative estimate of drug-likeness (QED) is 0.854. The summed E-state index contributed by atoms with van der Waals surface area (Å²) in [5.74, 6) is 0.710. The summed E-state index contributed by atoms with van der Waals surface area (Å²) < 4.78 is 5.48. The number of nitriles is 1. The topological polar surface area (TPSA) is 65.3 Å². The molecule has 0 aromatic heterocycles. The summed E-state index contributed by atoms with van der Waals surface area (Å²) in [6, 6.07) is 15.4. The number of nitrogens with zero attached hydrogens (tertiary/aromatic N) is 1.